The summed E-state index contributed by atoms with van der Waals surface area (Å²) < 4.78 is 5.81. The summed E-state index contributed by atoms with van der Waals surface area (Å²) in [5.41, 5.74) is 2.42. The molecule has 0 amide bonds. The van der Waals surface area contributed by atoms with Crippen LogP contribution in [0.1, 0.15) is 17.5 Å². The molecule has 2 rings (SSSR count). The summed E-state index contributed by atoms with van der Waals surface area (Å²) in [6, 6.07) is 12.3. The average Bonchev–Trinajstić information content (AvgIpc) is 2.46. The Hall–Kier alpha value is -1.87. The summed E-state index contributed by atoms with van der Waals surface area (Å²) in [7, 11) is 4.21. The Kier molecular flexibility index (Phi) is 5.56. The Balaban J connectivity index is 1.86. The fourth-order valence-electron chi connectivity index (χ4n) is 2.04. The average molecular weight is 270 g/mol. The zero-order valence-electron chi connectivity index (χ0n) is 12.2. The number of aromatic nitrogens is 1. The number of pyridine rings is 1. The lowest BCUT2D eigenvalue weighted by Crippen LogP contribution is -2.13. The van der Waals surface area contributed by atoms with Crippen LogP contribution in [0.5, 0.6) is 5.75 Å². The minimum Gasteiger partial charge on any atom is -0.489 e. The molecule has 1 aromatic carbocycles. The molecule has 0 spiro atoms. The third kappa shape index (κ3) is 5.02. The van der Waals surface area contributed by atoms with E-state index in [1.54, 1.807) is 6.20 Å². The largest absolute Gasteiger partial charge is 0.489 e. The van der Waals surface area contributed by atoms with Crippen LogP contribution in [0.3, 0.4) is 0 Å². The standard InChI is InChI=1S/C17H22N2O/c1-19(2)11-5-8-15-6-3-9-17(12-15)20-14-16-7-4-10-18-13-16/h3-4,6-7,9-10,12-13H,5,8,11,14H2,1-2H3. The number of aryl methyl sites for hydroxylation is 1. The maximum atomic E-state index is 5.81. The smallest absolute Gasteiger partial charge is 0.120 e. The maximum absolute atomic E-state index is 5.81. The van der Waals surface area contributed by atoms with Crippen LogP contribution in [0.2, 0.25) is 0 Å². The first kappa shape index (κ1) is 14.5. The van der Waals surface area contributed by atoms with Crippen LogP contribution in [-0.2, 0) is 13.0 Å². The van der Waals surface area contributed by atoms with Gasteiger partial charge in [0.25, 0.3) is 0 Å². The Morgan fingerprint density at radius 3 is 2.70 bits per heavy atom. The molecule has 2 aromatic rings. The maximum Gasteiger partial charge on any atom is 0.120 e. The first-order valence-corrected chi connectivity index (χ1v) is 6.99. The third-order valence-electron chi connectivity index (χ3n) is 3.10. The van der Waals surface area contributed by atoms with Crippen LogP contribution in [0.25, 0.3) is 0 Å². The number of benzene rings is 1. The Morgan fingerprint density at radius 2 is 1.95 bits per heavy atom. The molecule has 0 aliphatic heterocycles. The molecular formula is C17H22N2O. The highest BCUT2D eigenvalue weighted by Crippen LogP contribution is 2.16. The van der Waals surface area contributed by atoms with Crippen molar-refractivity contribution >= 4 is 0 Å². The van der Waals surface area contributed by atoms with E-state index in [4.69, 9.17) is 4.74 Å². The fourth-order valence-corrected chi connectivity index (χ4v) is 2.04. The molecule has 0 unspecified atom stereocenters. The van der Waals surface area contributed by atoms with Crippen molar-refractivity contribution in [3.63, 3.8) is 0 Å². The second-order valence-electron chi connectivity index (χ2n) is 5.20. The first-order chi connectivity index (χ1) is 9.74. The molecule has 0 N–H and O–H groups in total. The topological polar surface area (TPSA) is 25.4 Å². The zero-order valence-corrected chi connectivity index (χ0v) is 12.2. The summed E-state index contributed by atoms with van der Waals surface area (Å²) >= 11 is 0. The molecule has 0 radical (unpaired) electrons. The summed E-state index contributed by atoms with van der Waals surface area (Å²) in [5.74, 6) is 0.927. The van der Waals surface area contributed by atoms with E-state index in [0.29, 0.717) is 6.61 Å². The van der Waals surface area contributed by atoms with Crippen molar-refractivity contribution in [2.75, 3.05) is 20.6 Å². The second kappa shape index (κ2) is 7.65. The lowest BCUT2D eigenvalue weighted by atomic mass is 10.1. The zero-order chi connectivity index (χ0) is 14.2. The van der Waals surface area contributed by atoms with E-state index in [0.717, 1.165) is 24.3 Å². The molecule has 106 valence electrons. The van der Waals surface area contributed by atoms with Gasteiger partial charge in [-0.15, -0.1) is 0 Å². The third-order valence-corrected chi connectivity index (χ3v) is 3.10. The minimum atomic E-state index is 0.564. The molecule has 0 saturated carbocycles. The molecule has 0 saturated heterocycles. The molecule has 1 heterocycles. The van der Waals surface area contributed by atoms with E-state index in [9.17, 15) is 0 Å². The van der Waals surface area contributed by atoms with Crippen molar-refractivity contribution in [2.24, 2.45) is 0 Å². The lowest BCUT2D eigenvalue weighted by Gasteiger charge is -2.10. The van der Waals surface area contributed by atoms with Gasteiger partial charge in [0, 0.05) is 18.0 Å². The van der Waals surface area contributed by atoms with Crippen molar-refractivity contribution in [1.82, 2.24) is 9.88 Å². The summed E-state index contributed by atoms with van der Waals surface area (Å²) in [4.78, 5) is 6.30. The van der Waals surface area contributed by atoms with Gasteiger partial charge in [0.05, 0.1) is 0 Å². The number of nitrogens with zero attached hydrogens (tertiary/aromatic N) is 2. The fraction of sp³-hybridized carbons (Fsp3) is 0.353. The van der Waals surface area contributed by atoms with E-state index >= 15 is 0 Å². The minimum absolute atomic E-state index is 0.564. The molecule has 3 nitrogen and oxygen atoms in total. The van der Waals surface area contributed by atoms with Crippen molar-refractivity contribution < 1.29 is 4.74 Å². The number of ether oxygens (including phenoxy) is 1. The van der Waals surface area contributed by atoms with Crippen molar-refractivity contribution in [3.8, 4) is 5.75 Å². The summed E-state index contributed by atoms with van der Waals surface area (Å²) in [5, 5.41) is 0. The Bertz CT molecular complexity index is 511. The molecule has 0 atom stereocenters. The van der Waals surface area contributed by atoms with Crippen LogP contribution in [0, 0.1) is 0 Å². The van der Waals surface area contributed by atoms with E-state index in [-0.39, 0.29) is 0 Å². The highest BCUT2D eigenvalue weighted by atomic mass is 16.5. The Labute approximate surface area is 121 Å². The van der Waals surface area contributed by atoms with Crippen molar-refractivity contribution in [1.29, 1.82) is 0 Å². The van der Waals surface area contributed by atoms with E-state index in [1.807, 2.05) is 24.4 Å². The van der Waals surface area contributed by atoms with Crippen LogP contribution in [-0.4, -0.2) is 30.5 Å². The van der Waals surface area contributed by atoms with E-state index in [2.05, 4.69) is 42.2 Å². The molecule has 0 bridgehead atoms. The van der Waals surface area contributed by atoms with Gasteiger partial charge in [0.15, 0.2) is 0 Å². The highest BCUT2D eigenvalue weighted by Gasteiger charge is 1.99. The normalized spacial score (nSPS) is 10.8. The molecule has 0 aliphatic carbocycles. The van der Waals surface area contributed by atoms with Gasteiger partial charge in [-0.2, -0.15) is 0 Å². The Morgan fingerprint density at radius 1 is 1.10 bits per heavy atom. The quantitative estimate of drug-likeness (QED) is 0.773. The summed E-state index contributed by atoms with van der Waals surface area (Å²) in [6.45, 7) is 1.68. The molecule has 0 aliphatic rings. The molecule has 0 fully saturated rings. The SMILES string of the molecule is CN(C)CCCc1cccc(OCc2cccnc2)c1. The van der Waals surface area contributed by atoms with Gasteiger partial charge in [0.2, 0.25) is 0 Å². The van der Waals surface area contributed by atoms with E-state index in [1.165, 1.54) is 12.0 Å². The second-order valence-corrected chi connectivity index (χ2v) is 5.20. The van der Waals surface area contributed by atoms with Gasteiger partial charge in [-0.25, -0.2) is 0 Å². The highest BCUT2D eigenvalue weighted by molar-refractivity contribution is 5.29. The van der Waals surface area contributed by atoms with Gasteiger partial charge in [0.1, 0.15) is 12.4 Å². The molecule has 1 aromatic heterocycles. The van der Waals surface area contributed by atoms with Crippen molar-refractivity contribution in [3.05, 3.63) is 59.9 Å². The number of hydrogen-bond acceptors (Lipinski definition) is 3. The molecule has 3 heteroatoms. The van der Waals surface area contributed by atoms with Gasteiger partial charge in [-0.1, -0.05) is 18.2 Å². The van der Waals surface area contributed by atoms with Gasteiger partial charge in [-0.3, -0.25) is 4.98 Å². The monoisotopic (exact) mass is 270 g/mol. The number of rotatable bonds is 7. The van der Waals surface area contributed by atoms with Crippen LogP contribution >= 0.6 is 0 Å². The van der Waals surface area contributed by atoms with Gasteiger partial charge < -0.3 is 9.64 Å². The summed E-state index contributed by atoms with van der Waals surface area (Å²) in [6.07, 6.45) is 5.86. The van der Waals surface area contributed by atoms with Crippen LogP contribution < -0.4 is 4.74 Å². The van der Waals surface area contributed by atoms with Crippen molar-refractivity contribution in [2.45, 2.75) is 19.4 Å². The van der Waals surface area contributed by atoms with Gasteiger partial charge in [-0.05, 0) is 57.2 Å². The van der Waals surface area contributed by atoms with Crippen LogP contribution in [0.15, 0.2) is 48.8 Å². The van der Waals surface area contributed by atoms with Crippen LogP contribution in [0.4, 0.5) is 0 Å². The van der Waals surface area contributed by atoms with Gasteiger partial charge >= 0.3 is 0 Å². The lowest BCUT2D eigenvalue weighted by molar-refractivity contribution is 0.305. The molecule has 20 heavy (non-hydrogen) atoms. The first-order valence-electron chi connectivity index (χ1n) is 6.99. The predicted molar refractivity (Wildman–Crippen MR) is 81.9 cm³/mol. The predicted octanol–water partition coefficient (Wildman–Crippen LogP) is 3.15. The number of hydrogen-bond donors (Lipinski definition) is 0. The van der Waals surface area contributed by atoms with E-state index < -0.39 is 0 Å². The molecular weight excluding hydrogens is 248 g/mol.